The second kappa shape index (κ2) is 5.42. The fourth-order valence-corrected chi connectivity index (χ4v) is 2.05. The summed E-state index contributed by atoms with van der Waals surface area (Å²) < 4.78 is 5.00. The summed E-state index contributed by atoms with van der Waals surface area (Å²) in [5.74, 6) is 1.12. The predicted molar refractivity (Wildman–Crippen MR) is 73.6 cm³/mol. The number of anilines is 1. The van der Waals surface area contributed by atoms with Gasteiger partial charge in [-0.2, -0.15) is 0 Å². The first kappa shape index (κ1) is 12.9. The van der Waals surface area contributed by atoms with Crippen molar-refractivity contribution in [3.8, 4) is 17.1 Å². The molecule has 18 heavy (non-hydrogen) atoms. The van der Waals surface area contributed by atoms with Crippen molar-refractivity contribution in [2.24, 2.45) is 0 Å². The molecule has 2 heterocycles. The summed E-state index contributed by atoms with van der Waals surface area (Å²) in [5, 5.41) is 3.87. The highest BCUT2D eigenvalue weighted by atomic mass is 35.5. The number of hydrogen-bond acceptors (Lipinski definition) is 4. The SMILES string of the molecule is CNc1nc(-c2ccc(OC)nc2)c(Cl)cc1Cl. The molecule has 0 amide bonds. The average Bonchev–Trinajstić information content (AvgIpc) is 2.39. The molecule has 0 saturated heterocycles. The summed E-state index contributed by atoms with van der Waals surface area (Å²) in [5.41, 5.74) is 1.43. The quantitative estimate of drug-likeness (QED) is 0.937. The predicted octanol–water partition coefficient (Wildman–Crippen LogP) is 3.50. The van der Waals surface area contributed by atoms with E-state index < -0.39 is 0 Å². The molecular weight excluding hydrogens is 273 g/mol. The highest BCUT2D eigenvalue weighted by Gasteiger charge is 2.10. The van der Waals surface area contributed by atoms with Crippen LogP contribution in [-0.2, 0) is 0 Å². The Labute approximate surface area is 115 Å². The zero-order valence-electron chi connectivity index (χ0n) is 9.87. The van der Waals surface area contributed by atoms with Crippen molar-refractivity contribution in [3.63, 3.8) is 0 Å². The van der Waals surface area contributed by atoms with Gasteiger partial charge in [0.15, 0.2) is 0 Å². The van der Waals surface area contributed by atoms with Crippen molar-refractivity contribution in [1.29, 1.82) is 0 Å². The first-order valence-corrected chi connectivity index (χ1v) is 5.95. The van der Waals surface area contributed by atoms with Crippen molar-refractivity contribution in [1.82, 2.24) is 9.97 Å². The number of ether oxygens (including phenoxy) is 1. The Kier molecular flexibility index (Phi) is 3.89. The number of methoxy groups -OCH3 is 1. The molecular formula is C12H11Cl2N3O. The number of hydrogen-bond donors (Lipinski definition) is 1. The molecule has 0 spiro atoms. The van der Waals surface area contributed by atoms with E-state index in [-0.39, 0.29) is 0 Å². The van der Waals surface area contributed by atoms with E-state index in [1.165, 1.54) is 0 Å². The van der Waals surface area contributed by atoms with E-state index in [1.54, 1.807) is 32.5 Å². The van der Waals surface area contributed by atoms with Gasteiger partial charge in [-0.25, -0.2) is 9.97 Å². The van der Waals surface area contributed by atoms with Gasteiger partial charge in [0.25, 0.3) is 0 Å². The van der Waals surface area contributed by atoms with Gasteiger partial charge in [-0.3, -0.25) is 0 Å². The number of nitrogens with zero attached hydrogens (tertiary/aromatic N) is 2. The highest BCUT2D eigenvalue weighted by Crippen LogP contribution is 2.32. The third-order valence-electron chi connectivity index (χ3n) is 2.39. The maximum Gasteiger partial charge on any atom is 0.212 e. The molecule has 0 radical (unpaired) electrons. The molecule has 0 unspecified atom stereocenters. The first-order chi connectivity index (χ1) is 8.65. The molecule has 0 fully saturated rings. The molecule has 0 aliphatic carbocycles. The summed E-state index contributed by atoms with van der Waals surface area (Å²) in [6.07, 6.45) is 1.65. The molecule has 4 nitrogen and oxygen atoms in total. The van der Waals surface area contributed by atoms with Crippen LogP contribution in [0.25, 0.3) is 11.3 Å². The highest BCUT2D eigenvalue weighted by molar-refractivity contribution is 6.37. The molecule has 0 aromatic carbocycles. The molecule has 1 N–H and O–H groups in total. The Hall–Kier alpha value is -1.52. The van der Waals surface area contributed by atoms with E-state index in [2.05, 4.69) is 15.3 Å². The van der Waals surface area contributed by atoms with E-state index in [9.17, 15) is 0 Å². The van der Waals surface area contributed by atoms with Crippen LogP contribution in [0.2, 0.25) is 10.0 Å². The van der Waals surface area contributed by atoms with Crippen LogP contribution in [0.1, 0.15) is 0 Å². The van der Waals surface area contributed by atoms with E-state index in [1.807, 2.05) is 6.07 Å². The normalized spacial score (nSPS) is 10.2. The van der Waals surface area contributed by atoms with Crippen LogP contribution in [0.15, 0.2) is 24.4 Å². The Morgan fingerprint density at radius 2 is 2.00 bits per heavy atom. The summed E-state index contributed by atoms with van der Waals surface area (Å²) >= 11 is 12.1. The van der Waals surface area contributed by atoms with E-state index in [0.717, 1.165) is 5.56 Å². The van der Waals surface area contributed by atoms with Gasteiger partial charge in [-0.1, -0.05) is 23.2 Å². The van der Waals surface area contributed by atoms with Crippen molar-refractivity contribution in [3.05, 3.63) is 34.4 Å². The van der Waals surface area contributed by atoms with Crippen molar-refractivity contribution >= 4 is 29.0 Å². The molecule has 0 aliphatic rings. The van der Waals surface area contributed by atoms with Crippen molar-refractivity contribution < 1.29 is 4.74 Å². The lowest BCUT2D eigenvalue weighted by molar-refractivity contribution is 0.398. The second-order valence-electron chi connectivity index (χ2n) is 3.49. The van der Waals surface area contributed by atoms with Crippen LogP contribution in [0.4, 0.5) is 5.82 Å². The molecule has 2 aromatic heterocycles. The van der Waals surface area contributed by atoms with Gasteiger partial charge in [0.05, 0.1) is 22.8 Å². The molecule has 0 aliphatic heterocycles. The van der Waals surface area contributed by atoms with Crippen LogP contribution < -0.4 is 10.1 Å². The maximum absolute atomic E-state index is 6.13. The minimum atomic E-state index is 0.478. The van der Waals surface area contributed by atoms with Gasteiger partial charge >= 0.3 is 0 Å². The van der Waals surface area contributed by atoms with E-state index in [4.69, 9.17) is 27.9 Å². The number of rotatable bonds is 3. The standard InChI is InChI=1S/C12H11Cl2N3O/c1-15-12-9(14)5-8(13)11(17-12)7-3-4-10(18-2)16-6-7/h3-6H,1-2H3,(H,15,17). The second-order valence-corrected chi connectivity index (χ2v) is 4.30. The number of aromatic nitrogens is 2. The largest absolute Gasteiger partial charge is 0.481 e. The van der Waals surface area contributed by atoms with Gasteiger partial charge in [0.1, 0.15) is 5.82 Å². The van der Waals surface area contributed by atoms with E-state index >= 15 is 0 Å². The molecule has 0 bridgehead atoms. The van der Waals surface area contributed by atoms with Crippen LogP contribution in [0, 0.1) is 0 Å². The number of pyridine rings is 2. The summed E-state index contributed by atoms with van der Waals surface area (Å²) in [7, 11) is 3.31. The maximum atomic E-state index is 6.13. The monoisotopic (exact) mass is 283 g/mol. The topological polar surface area (TPSA) is 47.0 Å². The molecule has 6 heteroatoms. The zero-order chi connectivity index (χ0) is 13.1. The molecule has 0 saturated carbocycles. The fourth-order valence-electron chi connectivity index (χ4n) is 1.49. The smallest absolute Gasteiger partial charge is 0.212 e. The summed E-state index contributed by atoms with van der Waals surface area (Å²) in [4.78, 5) is 8.48. The Balaban J connectivity index is 2.48. The van der Waals surface area contributed by atoms with E-state index in [0.29, 0.717) is 27.4 Å². The Morgan fingerprint density at radius 3 is 2.56 bits per heavy atom. The average molecular weight is 284 g/mol. The lowest BCUT2D eigenvalue weighted by atomic mass is 10.2. The molecule has 94 valence electrons. The van der Waals surface area contributed by atoms with Gasteiger partial charge in [0, 0.05) is 24.9 Å². The number of halogens is 2. The van der Waals surface area contributed by atoms with Gasteiger partial charge in [0.2, 0.25) is 5.88 Å². The summed E-state index contributed by atoms with van der Waals surface area (Å²) in [6.45, 7) is 0. The van der Waals surface area contributed by atoms with Crippen molar-refractivity contribution in [2.45, 2.75) is 0 Å². The van der Waals surface area contributed by atoms with Crippen LogP contribution >= 0.6 is 23.2 Å². The third kappa shape index (κ3) is 2.49. The first-order valence-electron chi connectivity index (χ1n) is 5.20. The van der Waals surface area contributed by atoms with Gasteiger partial charge < -0.3 is 10.1 Å². The van der Waals surface area contributed by atoms with Crippen molar-refractivity contribution in [2.75, 3.05) is 19.5 Å². The Morgan fingerprint density at radius 1 is 1.22 bits per heavy atom. The fraction of sp³-hybridized carbons (Fsp3) is 0.167. The van der Waals surface area contributed by atoms with Crippen LogP contribution in [0.5, 0.6) is 5.88 Å². The number of nitrogens with one attached hydrogen (secondary N) is 1. The zero-order valence-corrected chi connectivity index (χ0v) is 11.4. The molecule has 2 aromatic rings. The minimum Gasteiger partial charge on any atom is -0.481 e. The van der Waals surface area contributed by atoms with Crippen LogP contribution in [-0.4, -0.2) is 24.1 Å². The summed E-state index contributed by atoms with van der Waals surface area (Å²) in [6, 6.07) is 5.25. The Bertz CT molecular complexity index is 558. The van der Waals surface area contributed by atoms with Gasteiger partial charge in [-0.05, 0) is 12.1 Å². The molecule has 0 atom stereocenters. The molecule has 2 rings (SSSR count). The van der Waals surface area contributed by atoms with Crippen LogP contribution in [0.3, 0.4) is 0 Å². The van der Waals surface area contributed by atoms with Gasteiger partial charge in [-0.15, -0.1) is 0 Å². The minimum absolute atomic E-state index is 0.478. The lowest BCUT2D eigenvalue weighted by Crippen LogP contribution is -1.96. The lowest BCUT2D eigenvalue weighted by Gasteiger charge is -2.08. The third-order valence-corrected chi connectivity index (χ3v) is 2.96.